The van der Waals surface area contributed by atoms with Crippen LogP contribution in [0.3, 0.4) is 0 Å². The molecule has 1 heterocycles. The fourth-order valence-corrected chi connectivity index (χ4v) is 1.55. The number of phenolic OH excluding ortho intramolecular Hbond substituents is 1. The van der Waals surface area contributed by atoms with E-state index in [1.54, 1.807) is 30.5 Å². The summed E-state index contributed by atoms with van der Waals surface area (Å²) < 4.78 is 0. The molecule has 0 radical (unpaired) electrons. The Morgan fingerprint density at radius 2 is 2.11 bits per heavy atom. The van der Waals surface area contributed by atoms with Gasteiger partial charge in [-0.15, -0.1) is 0 Å². The molecule has 0 aliphatic heterocycles. The van der Waals surface area contributed by atoms with Crippen LogP contribution in [-0.4, -0.2) is 22.2 Å². The van der Waals surface area contributed by atoms with Crippen LogP contribution < -0.4 is 5.43 Å². The second-order valence-electron chi connectivity index (χ2n) is 3.60. The molecule has 1 aromatic heterocycles. The van der Waals surface area contributed by atoms with Crippen molar-refractivity contribution >= 4 is 23.7 Å². The van der Waals surface area contributed by atoms with Crippen LogP contribution in [0, 0.1) is 0 Å². The molecule has 6 heteroatoms. The van der Waals surface area contributed by atoms with E-state index in [1.807, 2.05) is 0 Å². The van der Waals surface area contributed by atoms with Crippen molar-refractivity contribution in [2.75, 3.05) is 0 Å². The number of rotatable bonds is 3. The summed E-state index contributed by atoms with van der Waals surface area (Å²) in [6.07, 6.45) is 2.94. The highest BCUT2D eigenvalue weighted by Gasteiger charge is 2.08. The van der Waals surface area contributed by atoms with Crippen molar-refractivity contribution in [1.82, 2.24) is 10.4 Å². The monoisotopic (exact) mass is 275 g/mol. The second kappa shape index (κ2) is 5.97. The van der Waals surface area contributed by atoms with E-state index in [-0.39, 0.29) is 11.3 Å². The Hall–Kier alpha value is -2.40. The maximum Gasteiger partial charge on any atom is 0.275 e. The van der Waals surface area contributed by atoms with Gasteiger partial charge < -0.3 is 5.11 Å². The third-order valence-corrected chi connectivity index (χ3v) is 2.62. The predicted molar refractivity (Wildman–Crippen MR) is 72.4 cm³/mol. The van der Waals surface area contributed by atoms with Gasteiger partial charge in [-0.05, 0) is 24.3 Å². The molecule has 2 N–H and O–H groups in total. The van der Waals surface area contributed by atoms with Crippen molar-refractivity contribution in [2.24, 2.45) is 5.10 Å². The van der Waals surface area contributed by atoms with Crippen LogP contribution in [0.1, 0.15) is 15.9 Å². The third-order valence-electron chi connectivity index (χ3n) is 2.31. The molecule has 0 saturated carbocycles. The highest BCUT2D eigenvalue weighted by atomic mass is 35.5. The lowest BCUT2D eigenvalue weighted by Crippen LogP contribution is -2.17. The van der Waals surface area contributed by atoms with E-state index in [1.165, 1.54) is 18.3 Å². The zero-order valence-electron chi connectivity index (χ0n) is 9.75. The lowest BCUT2D eigenvalue weighted by molar-refractivity contribution is 0.0952. The van der Waals surface area contributed by atoms with Crippen molar-refractivity contribution in [3.05, 3.63) is 58.9 Å². The average Bonchev–Trinajstić information content (AvgIpc) is 2.41. The quantitative estimate of drug-likeness (QED) is 0.512. The molecule has 2 rings (SSSR count). The van der Waals surface area contributed by atoms with Gasteiger partial charge in [0, 0.05) is 11.8 Å². The van der Waals surface area contributed by atoms with E-state index < -0.39 is 5.91 Å². The van der Waals surface area contributed by atoms with Crippen molar-refractivity contribution in [3.63, 3.8) is 0 Å². The topological polar surface area (TPSA) is 74.6 Å². The van der Waals surface area contributed by atoms with Gasteiger partial charge in [-0.3, -0.25) is 4.79 Å². The van der Waals surface area contributed by atoms with Gasteiger partial charge in [0.25, 0.3) is 5.91 Å². The summed E-state index contributed by atoms with van der Waals surface area (Å²) >= 11 is 5.83. The smallest absolute Gasteiger partial charge is 0.275 e. The molecule has 0 saturated heterocycles. The number of amides is 1. The first-order valence-electron chi connectivity index (χ1n) is 5.40. The van der Waals surface area contributed by atoms with E-state index in [2.05, 4.69) is 15.5 Å². The molecule has 0 aliphatic carbocycles. The van der Waals surface area contributed by atoms with Crippen LogP contribution in [0.2, 0.25) is 5.15 Å². The molecule has 1 aromatic carbocycles. The number of para-hydroxylation sites is 1. The summed E-state index contributed by atoms with van der Waals surface area (Å²) in [4.78, 5) is 15.6. The molecule has 0 aliphatic rings. The summed E-state index contributed by atoms with van der Waals surface area (Å²) in [5, 5.41) is 13.6. The van der Waals surface area contributed by atoms with Crippen LogP contribution in [0.25, 0.3) is 0 Å². The van der Waals surface area contributed by atoms with Crippen molar-refractivity contribution in [3.8, 4) is 5.75 Å². The first-order valence-corrected chi connectivity index (χ1v) is 5.78. The number of nitrogens with zero attached hydrogens (tertiary/aromatic N) is 2. The Morgan fingerprint density at radius 3 is 2.84 bits per heavy atom. The molecule has 19 heavy (non-hydrogen) atoms. The van der Waals surface area contributed by atoms with Gasteiger partial charge in [-0.1, -0.05) is 23.7 Å². The minimum absolute atomic E-state index is 0.102. The minimum atomic E-state index is -0.505. The average molecular weight is 276 g/mol. The molecule has 0 spiro atoms. The lowest BCUT2D eigenvalue weighted by atomic mass is 10.2. The van der Waals surface area contributed by atoms with E-state index in [0.29, 0.717) is 10.7 Å². The summed E-state index contributed by atoms with van der Waals surface area (Å²) in [7, 11) is 0. The molecule has 1 amide bonds. The number of nitrogens with one attached hydrogen (secondary N) is 1. The Kier molecular flexibility index (Phi) is 4.10. The summed E-state index contributed by atoms with van der Waals surface area (Å²) in [6, 6.07) is 9.62. The number of aromatic nitrogens is 1. The Bertz CT molecular complexity index is 629. The fraction of sp³-hybridized carbons (Fsp3) is 0. The van der Waals surface area contributed by atoms with Gasteiger partial charge in [0.1, 0.15) is 10.9 Å². The number of pyridine rings is 1. The Morgan fingerprint density at radius 1 is 1.32 bits per heavy atom. The number of carbonyl (C=O) groups excluding carboxylic acids is 1. The molecule has 5 nitrogen and oxygen atoms in total. The molecular formula is C13H10ClN3O2. The zero-order valence-corrected chi connectivity index (χ0v) is 10.5. The number of halogens is 1. The highest BCUT2D eigenvalue weighted by Crippen LogP contribution is 2.15. The maximum absolute atomic E-state index is 11.7. The van der Waals surface area contributed by atoms with Gasteiger partial charge in [-0.2, -0.15) is 5.10 Å². The maximum atomic E-state index is 11.7. The molecule has 0 unspecified atom stereocenters. The van der Waals surface area contributed by atoms with Crippen LogP contribution in [0.4, 0.5) is 0 Å². The third kappa shape index (κ3) is 3.29. The molecular weight excluding hydrogens is 266 g/mol. The summed E-state index contributed by atoms with van der Waals surface area (Å²) in [6.45, 7) is 0. The highest BCUT2D eigenvalue weighted by molar-refractivity contribution is 6.31. The Labute approximate surface area is 114 Å². The van der Waals surface area contributed by atoms with Crippen molar-refractivity contribution < 1.29 is 9.90 Å². The van der Waals surface area contributed by atoms with Gasteiger partial charge in [0.05, 0.1) is 11.8 Å². The lowest BCUT2D eigenvalue weighted by Gasteiger charge is -2.02. The Balaban J connectivity index is 2.06. The molecule has 0 atom stereocenters. The predicted octanol–water partition coefficient (Wildman–Crippen LogP) is 2.20. The van der Waals surface area contributed by atoms with Crippen LogP contribution in [-0.2, 0) is 0 Å². The number of hydrazone groups is 1. The number of phenols is 1. The second-order valence-corrected chi connectivity index (χ2v) is 3.96. The SMILES string of the molecule is O=C(N/N=C/c1cccnc1Cl)c1ccccc1O. The van der Waals surface area contributed by atoms with Gasteiger partial charge in [-0.25, -0.2) is 10.4 Å². The molecule has 0 bridgehead atoms. The van der Waals surface area contributed by atoms with Crippen molar-refractivity contribution in [1.29, 1.82) is 0 Å². The first-order chi connectivity index (χ1) is 9.18. The molecule has 0 fully saturated rings. The van der Waals surface area contributed by atoms with Gasteiger partial charge in [0.15, 0.2) is 0 Å². The summed E-state index contributed by atoms with van der Waals surface area (Å²) in [5.74, 6) is -0.607. The standard InChI is InChI=1S/C13H10ClN3O2/c14-12-9(4-3-7-15-12)8-16-17-13(19)10-5-1-2-6-11(10)18/h1-8,18H,(H,17,19)/b16-8+. The number of hydrogen-bond donors (Lipinski definition) is 2. The summed E-state index contributed by atoms with van der Waals surface area (Å²) in [5.41, 5.74) is 3.03. The normalized spacial score (nSPS) is 10.6. The van der Waals surface area contributed by atoms with E-state index in [4.69, 9.17) is 11.6 Å². The molecule has 2 aromatic rings. The number of benzene rings is 1. The van der Waals surface area contributed by atoms with E-state index in [9.17, 15) is 9.90 Å². The fourth-order valence-electron chi connectivity index (χ4n) is 1.38. The van der Waals surface area contributed by atoms with Crippen LogP contribution in [0.15, 0.2) is 47.7 Å². The van der Waals surface area contributed by atoms with Gasteiger partial charge >= 0.3 is 0 Å². The molecule has 96 valence electrons. The van der Waals surface area contributed by atoms with Crippen molar-refractivity contribution in [2.45, 2.75) is 0 Å². The largest absolute Gasteiger partial charge is 0.507 e. The number of aromatic hydroxyl groups is 1. The number of hydrogen-bond acceptors (Lipinski definition) is 4. The zero-order chi connectivity index (χ0) is 13.7. The minimum Gasteiger partial charge on any atom is -0.507 e. The van der Waals surface area contributed by atoms with Crippen LogP contribution in [0.5, 0.6) is 5.75 Å². The van der Waals surface area contributed by atoms with Gasteiger partial charge in [0.2, 0.25) is 0 Å². The van der Waals surface area contributed by atoms with Crippen LogP contribution >= 0.6 is 11.6 Å². The first kappa shape index (κ1) is 13.0. The van der Waals surface area contributed by atoms with E-state index >= 15 is 0 Å². The van der Waals surface area contributed by atoms with E-state index in [0.717, 1.165) is 0 Å². The number of carbonyl (C=O) groups is 1.